The molecule has 3 rings (SSSR count). The Balaban J connectivity index is 1.45. The average molecular weight is 340 g/mol. The van der Waals surface area contributed by atoms with Crippen molar-refractivity contribution in [3.8, 4) is 0 Å². The minimum absolute atomic E-state index is 0.355. The molecule has 0 aromatic heterocycles. The van der Waals surface area contributed by atoms with Gasteiger partial charge >= 0.3 is 0 Å². The molecule has 1 aromatic rings. The molecule has 3 heteroatoms. The van der Waals surface area contributed by atoms with E-state index in [9.17, 15) is 0 Å². The topological polar surface area (TPSA) is 26.0 Å². The number of hydrogen-bond donors (Lipinski definition) is 1. The van der Waals surface area contributed by atoms with Crippen LogP contribution in [0, 0.1) is 17.8 Å². The lowest BCUT2D eigenvalue weighted by atomic mass is 9.85. The van der Waals surface area contributed by atoms with Gasteiger partial charge in [0.1, 0.15) is 0 Å². The van der Waals surface area contributed by atoms with Gasteiger partial charge in [0, 0.05) is 21.2 Å². The molecule has 1 nitrogen and oxygen atoms in total. The lowest BCUT2D eigenvalue weighted by Crippen LogP contribution is -2.28. The van der Waals surface area contributed by atoms with Gasteiger partial charge in [-0.15, -0.1) is 11.8 Å². The predicted molar refractivity (Wildman–Crippen MR) is 86.4 cm³/mol. The smallest absolute Gasteiger partial charge is 0.0186 e. The average Bonchev–Trinajstić information content (AvgIpc) is 2.99. The Morgan fingerprint density at radius 2 is 2.21 bits per heavy atom. The monoisotopic (exact) mass is 339 g/mol. The molecule has 2 bridgehead atoms. The molecule has 4 atom stereocenters. The summed E-state index contributed by atoms with van der Waals surface area (Å²) in [6, 6.07) is 8.86. The summed E-state index contributed by atoms with van der Waals surface area (Å²) in [6.07, 6.45) is 7.16. The third-order valence-corrected chi connectivity index (χ3v) is 6.43. The standard InChI is InChI=1S/C16H22BrNS/c17-14-2-1-3-16(9-14)19-10-15(18)8-13-7-11-4-5-12(13)6-11/h1-3,9,11-13,15H,4-8,10,18H2. The summed E-state index contributed by atoms with van der Waals surface area (Å²) in [5.74, 6) is 4.02. The molecular formula is C16H22BrNS. The summed E-state index contributed by atoms with van der Waals surface area (Å²) < 4.78 is 1.15. The Bertz CT molecular complexity index is 437. The van der Waals surface area contributed by atoms with E-state index in [0.29, 0.717) is 6.04 Å². The summed E-state index contributed by atoms with van der Waals surface area (Å²) in [6.45, 7) is 0. The Morgan fingerprint density at radius 1 is 1.32 bits per heavy atom. The molecule has 4 unspecified atom stereocenters. The van der Waals surface area contributed by atoms with E-state index in [-0.39, 0.29) is 0 Å². The first-order valence-electron chi connectivity index (χ1n) is 7.34. The van der Waals surface area contributed by atoms with Crippen LogP contribution in [-0.4, -0.2) is 11.8 Å². The number of fused-ring (bicyclic) bond motifs is 2. The van der Waals surface area contributed by atoms with Gasteiger partial charge in [-0.2, -0.15) is 0 Å². The van der Waals surface area contributed by atoms with Crippen molar-refractivity contribution in [1.29, 1.82) is 0 Å². The van der Waals surface area contributed by atoms with E-state index in [1.165, 1.54) is 37.0 Å². The SMILES string of the molecule is NC(CSc1cccc(Br)c1)CC1CC2CCC1C2. The molecule has 0 saturated heterocycles. The molecule has 0 heterocycles. The molecule has 1 aromatic carbocycles. The summed E-state index contributed by atoms with van der Waals surface area (Å²) >= 11 is 5.41. The first kappa shape index (κ1) is 14.0. The Kier molecular flexibility index (Phi) is 4.55. The van der Waals surface area contributed by atoms with Crippen molar-refractivity contribution in [3.63, 3.8) is 0 Å². The van der Waals surface area contributed by atoms with Crippen LogP contribution in [0.2, 0.25) is 0 Å². The molecule has 2 fully saturated rings. The molecule has 2 N–H and O–H groups in total. The molecule has 0 amide bonds. The van der Waals surface area contributed by atoms with Crippen LogP contribution >= 0.6 is 27.7 Å². The number of hydrogen-bond acceptors (Lipinski definition) is 2. The van der Waals surface area contributed by atoms with Gasteiger partial charge in [0.05, 0.1) is 0 Å². The van der Waals surface area contributed by atoms with Gasteiger partial charge in [-0.25, -0.2) is 0 Å². The largest absolute Gasteiger partial charge is 0.327 e. The highest BCUT2D eigenvalue weighted by Crippen LogP contribution is 2.49. The van der Waals surface area contributed by atoms with Gasteiger partial charge in [-0.1, -0.05) is 28.4 Å². The molecule has 2 aliphatic carbocycles. The minimum Gasteiger partial charge on any atom is -0.327 e. The summed E-state index contributed by atoms with van der Waals surface area (Å²) in [5.41, 5.74) is 6.34. The fourth-order valence-electron chi connectivity index (χ4n) is 3.88. The predicted octanol–water partition coefficient (Wildman–Crippen LogP) is 4.69. The summed E-state index contributed by atoms with van der Waals surface area (Å²) in [7, 11) is 0. The normalized spacial score (nSPS) is 30.7. The van der Waals surface area contributed by atoms with Crippen LogP contribution in [0.4, 0.5) is 0 Å². The second-order valence-corrected chi connectivity index (χ2v) is 8.21. The maximum absolute atomic E-state index is 6.34. The van der Waals surface area contributed by atoms with Crippen LogP contribution in [0.3, 0.4) is 0 Å². The zero-order valence-corrected chi connectivity index (χ0v) is 13.6. The number of thioether (sulfide) groups is 1. The maximum Gasteiger partial charge on any atom is 0.0186 e. The Hall–Kier alpha value is 0.01000. The molecule has 2 saturated carbocycles. The van der Waals surface area contributed by atoms with E-state index in [0.717, 1.165) is 28.0 Å². The first-order valence-corrected chi connectivity index (χ1v) is 9.12. The zero-order chi connectivity index (χ0) is 13.2. The van der Waals surface area contributed by atoms with Crippen molar-refractivity contribution in [2.24, 2.45) is 23.5 Å². The van der Waals surface area contributed by atoms with Crippen molar-refractivity contribution >= 4 is 27.7 Å². The molecule has 2 aliphatic rings. The van der Waals surface area contributed by atoms with E-state index >= 15 is 0 Å². The Labute approximate surface area is 128 Å². The van der Waals surface area contributed by atoms with Gasteiger partial charge in [0.25, 0.3) is 0 Å². The van der Waals surface area contributed by atoms with Crippen molar-refractivity contribution in [2.45, 2.75) is 43.0 Å². The van der Waals surface area contributed by atoms with E-state index < -0.39 is 0 Å². The van der Waals surface area contributed by atoms with Gasteiger partial charge in [0.2, 0.25) is 0 Å². The number of nitrogens with two attached hydrogens (primary N) is 1. The third kappa shape index (κ3) is 3.56. The molecule has 104 valence electrons. The van der Waals surface area contributed by atoms with Crippen LogP contribution in [0.5, 0.6) is 0 Å². The maximum atomic E-state index is 6.34. The lowest BCUT2D eigenvalue weighted by Gasteiger charge is -2.24. The molecule has 0 radical (unpaired) electrons. The second kappa shape index (κ2) is 6.19. The number of halogens is 1. The van der Waals surface area contributed by atoms with Crippen LogP contribution < -0.4 is 5.73 Å². The van der Waals surface area contributed by atoms with E-state index in [2.05, 4.69) is 40.2 Å². The fourth-order valence-corrected chi connectivity index (χ4v) is 5.36. The highest BCUT2D eigenvalue weighted by molar-refractivity contribution is 9.10. The van der Waals surface area contributed by atoms with Crippen molar-refractivity contribution in [3.05, 3.63) is 28.7 Å². The molecule has 19 heavy (non-hydrogen) atoms. The third-order valence-electron chi connectivity index (χ3n) is 4.75. The van der Waals surface area contributed by atoms with E-state index in [1.54, 1.807) is 0 Å². The number of benzene rings is 1. The van der Waals surface area contributed by atoms with Gasteiger partial charge < -0.3 is 5.73 Å². The van der Waals surface area contributed by atoms with Gasteiger partial charge in [0.15, 0.2) is 0 Å². The van der Waals surface area contributed by atoms with Crippen LogP contribution in [0.15, 0.2) is 33.6 Å². The molecular weight excluding hydrogens is 318 g/mol. The Morgan fingerprint density at radius 3 is 2.89 bits per heavy atom. The minimum atomic E-state index is 0.355. The van der Waals surface area contributed by atoms with E-state index in [4.69, 9.17) is 5.73 Å². The van der Waals surface area contributed by atoms with Crippen molar-refractivity contribution in [2.75, 3.05) is 5.75 Å². The first-order chi connectivity index (χ1) is 9.20. The van der Waals surface area contributed by atoms with Gasteiger partial charge in [-0.3, -0.25) is 0 Å². The zero-order valence-electron chi connectivity index (χ0n) is 11.2. The lowest BCUT2D eigenvalue weighted by molar-refractivity contribution is 0.301. The van der Waals surface area contributed by atoms with Crippen LogP contribution in [0.25, 0.3) is 0 Å². The molecule has 0 aliphatic heterocycles. The second-order valence-electron chi connectivity index (χ2n) is 6.20. The highest BCUT2D eigenvalue weighted by Gasteiger charge is 2.39. The summed E-state index contributed by atoms with van der Waals surface area (Å²) in [5, 5.41) is 0. The fraction of sp³-hybridized carbons (Fsp3) is 0.625. The van der Waals surface area contributed by atoms with E-state index in [1.807, 2.05) is 11.8 Å². The quantitative estimate of drug-likeness (QED) is 0.787. The number of rotatable bonds is 5. The summed E-state index contributed by atoms with van der Waals surface area (Å²) in [4.78, 5) is 1.32. The van der Waals surface area contributed by atoms with Crippen LogP contribution in [0.1, 0.15) is 32.1 Å². The van der Waals surface area contributed by atoms with Crippen molar-refractivity contribution in [1.82, 2.24) is 0 Å². The van der Waals surface area contributed by atoms with Crippen LogP contribution in [-0.2, 0) is 0 Å². The highest BCUT2D eigenvalue weighted by atomic mass is 79.9. The van der Waals surface area contributed by atoms with Gasteiger partial charge in [-0.05, 0) is 61.6 Å². The van der Waals surface area contributed by atoms with Crippen molar-refractivity contribution < 1.29 is 0 Å². The molecule has 0 spiro atoms.